The second-order valence-corrected chi connectivity index (χ2v) is 2.55. The number of aromatic nitrogens is 1. The Morgan fingerprint density at radius 1 is 1.46 bits per heavy atom. The smallest absolute Gasteiger partial charge is 0.307 e. The third kappa shape index (κ3) is 3.66. The molecule has 0 atom stereocenters. The van der Waals surface area contributed by atoms with Crippen molar-refractivity contribution in [1.82, 2.24) is 4.98 Å². The summed E-state index contributed by atoms with van der Waals surface area (Å²) in [5.41, 5.74) is 6.12. The van der Waals surface area contributed by atoms with Crippen molar-refractivity contribution < 1.29 is 9.53 Å². The van der Waals surface area contributed by atoms with Crippen molar-refractivity contribution in [1.29, 1.82) is 0 Å². The zero-order valence-corrected chi connectivity index (χ0v) is 7.27. The third-order valence-electron chi connectivity index (χ3n) is 1.50. The van der Waals surface area contributed by atoms with E-state index in [4.69, 9.17) is 10.5 Å². The van der Waals surface area contributed by atoms with Crippen molar-refractivity contribution in [3.05, 3.63) is 30.1 Å². The lowest BCUT2D eigenvalue weighted by atomic mass is 10.3. The Balaban J connectivity index is 2.31. The molecule has 1 aromatic heterocycles. The summed E-state index contributed by atoms with van der Waals surface area (Å²) in [5, 5.41) is 0. The highest BCUT2D eigenvalue weighted by molar-refractivity contribution is 5.69. The molecule has 0 saturated carbocycles. The first-order valence-corrected chi connectivity index (χ1v) is 4.07. The predicted octanol–water partition coefficient (Wildman–Crippen LogP) is 0.474. The van der Waals surface area contributed by atoms with Gasteiger partial charge in [-0.3, -0.25) is 9.78 Å². The average molecular weight is 180 g/mol. The molecule has 0 aromatic carbocycles. The Morgan fingerprint density at radius 2 is 2.15 bits per heavy atom. The van der Waals surface area contributed by atoms with Gasteiger partial charge in [-0.25, -0.2) is 0 Å². The van der Waals surface area contributed by atoms with Gasteiger partial charge in [0.2, 0.25) is 0 Å². The first-order valence-electron chi connectivity index (χ1n) is 4.07. The van der Waals surface area contributed by atoms with Gasteiger partial charge in [-0.2, -0.15) is 0 Å². The molecule has 0 spiro atoms. The predicted molar refractivity (Wildman–Crippen MR) is 47.7 cm³/mol. The summed E-state index contributed by atoms with van der Waals surface area (Å²) in [5.74, 6) is -0.265. The molecule has 1 aromatic rings. The van der Waals surface area contributed by atoms with Gasteiger partial charge in [0.05, 0.1) is 6.42 Å². The van der Waals surface area contributed by atoms with Crippen molar-refractivity contribution in [3.8, 4) is 0 Å². The largest absolute Gasteiger partial charge is 0.461 e. The Bertz CT molecular complexity index is 262. The lowest BCUT2D eigenvalue weighted by Crippen LogP contribution is -2.10. The SMILES string of the molecule is NCCC(=O)OCc1ccncc1. The zero-order chi connectivity index (χ0) is 9.52. The van der Waals surface area contributed by atoms with Gasteiger partial charge in [-0.15, -0.1) is 0 Å². The number of ether oxygens (including phenoxy) is 1. The summed E-state index contributed by atoms with van der Waals surface area (Å²) < 4.78 is 4.92. The molecule has 0 bridgehead atoms. The van der Waals surface area contributed by atoms with Crippen molar-refractivity contribution >= 4 is 5.97 Å². The highest BCUT2D eigenvalue weighted by Gasteiger charge is 2.00. The molecule has 13 heavy (non-hydrogen) atoms. The van der Waals surface area contributed by atoms with Crippen LogP contribution in [0, 0.1) is 0 Å². The minimum Gasteiger partial charge on any atom is -0.461 e. The van der Waals surface area contributed by atoms with Crippen LogP contribution in [0.25, 0.3) is 0 Å². The van der Waals surface area contributed by atoms with Gasteiger partial charge in [0, 0.05) is 18.9 Å². The topological polar surface area (TPSA) is 65.2 Å². The lowest BCUT2D eigenvalue weighted by molar-refractivity contribution is -0.144. The number of carbonyl (C=O) groups is 1. The highest BCUT2D eigenvalue weighted by atomic mass is 16.5. The van der Waals surface area contributed by atoms with Crippen LogP contribution in [0.4, 0.5) is 0 Å². The number of nitrogens with two attached hydrogens (primary N) is 1. The molecule has 1 rings (SSSR count). The first kappa shape index (κ1) is 9.67. The quantitative estimate of drug-likeness (QED) is 0.684. The fourth-order valence-electron chi connectivity index (χ4n) is 0.833. The van der Waals surface area contributed by atoms with Crippen LogP contribution in [0.3, 0.4) is 0 Å². The first-order chi connectivity index (χ1) is 6.33. The van der Waals surface area contributed by atoms with Crippen molar-refractivity contribution in [2.75, 3.05) is 6.54 Å². The number of hydrogen-bond donors (Lipinski definition) is 1. The molecule has 0 aliphatic heterocycles. The minimum absolute atomic E-state index is 0.265. The van der Waals surface area contributed by atoms with Gasteiger partial charge in [-0.05, 0) is 17.7 Å². The van der Waals surface area contributed by atoms with Gasteiger partial charge in [0.15, 0.2) is 0 Å². The fourth-order valence-corrected chi connectivity index (χ4v) is 0.833. The molecule has 0 radical (unpaired) electrons. The normalized spacial score (nSPS) is 9.62. The molecule has 4 heteroatoms. The molecular weight excluding hydrogens is 168 g/mol. The number of nitrogens with zero attached hydrogens (tertiary/aromatic N) is 1. The second-order valence-electron chi connectivity index (χ2n) is 2.55. The number of carbonyl (C=O) groups excluding carboxylic acids is 1. The van der Waals surface area contributed by atoms with E-state index in [1.807, 2.05) is 0 Å². The van der Waals surface area contributed by atoms with Gasteiger partial charge >= 0.3 is 5.97 Å². The van der Waals surface area contributed by atoms with Gasteiger partial charge in [-0.1, -0.05) is 0 Å². The van der Waals surface area contributed by atoms with Gasteiger partial charge < -0.3 is 10.5 Å². The molecule has 0 fully saturated rings. The van der Waals surface area contributed by atoms with Crippen LogP contribution in [-0.2, 0) is 16.1 Å². The van der Waals surface area contributed by atoms with Crippen LogP contribution in [-0.4, -0.2) is 17.5 Å². The van der Waals surface area contributed by atoms with Gasteiger partial charge in [0.25, 0.3) is 0 Å². The van der Waals surface area contributed by atoms with Crippen LogP contribution >= 0.6 is 0 Å². The van der Waals surface area contributed by atoms with E-state index in [1.165, 1.54) is 0 Å². The summed E-state index contributed by atoms with van der Waals surface area (Å²) in [6.45, 7) is 0.622. The van der Waals surface area contributed by atoms with E-state index in [-0.39, 0.29) is 12.4 Å². The second kappa shape index (κ2) is 5.27. The summed E-state index contributed by atoms with van der Waals surface area (Å²) in [7, 11) is 0. The Labute approximate surface area is 76.7 Å². The summed E-state index contributed by atoms with van der Waals surface area (Å²) >= 11 is 0. The number of pyridine rings is 1. The van der Waals surface area contributed by atoms with Crippen LogP contribution < -0.4 is 5.73 Å². The summed E-state index contributed by atoms with van der Waals surface area (Å²) in [6.07, 6.45) is 3.59. The summed E-state index contributed by atoms with van der Waals surface area (Å²) in [4.78, 5) is 14.7. The zero-order valence-electron chi connectivity index (χ0n) is 7.27. The van der Waals surface area contributed by atoms with Crippen molar-refractivity contribution in [2.24, 2.45) is 5.73 Å². The van der Waals surface area contributed by atoms with Crippen molar-refractivity contribution in [3.63, 3.8) is 0 Å². The van der Waals surface area contributed by atoms with Crippen LogP contribution in [0.2, 0.25) is 0 Å². The van der Waals surface area contributed by atoms with E-state index < -0.39 is 0 Å². The summed E-state index contributed by atoms with van der Waals surface area (Å²) in [6, 6.07) is 3.60. The van der Waals surface area contributed by atoms with E-state index >= 15 is 0 Å². The van der Waals surface area contributed by atoms with E-state index in [1.54, 1.807) is 24.5 Å². The molecule has 4 nitrogen and oxygen atoms in total. The van der Waals surface area contributed by atoms with Crippen LogP contribution in [0.5, 0.6) is 0 Å². The standard InChI is InChI=1S/C9H12N2O2/c10-4-1-9(12)13-7-8-2-5-11-6-3-8/h2-3,5-6H,1,4,7,10H2. The monoisotopic (exact) mass is 180 g/mol. The maximum absolute atomic E-state index is 10.9. The number of rotatable bonds is 4. The maximum Gasteiger partial charge on any atom is 0.307 e. The van der Waals surface area contributed by atoms with E-state index in [9.17, 15) is 4.79 Å². The molecular formula is C9H12N2O2. The average Bonchev–Trinajstić information content (AvgIpc) is 2.17. The maximum atomic E-state index is 10.9. The van der Waals surface area contributed by atoms with Gasteiger partial charge in [0.1, 0.15) is 6.61 Å². The lowest BCUT2D eigenvalue weighted by Gasteiger charge is -2.02. The number of hydrogen-bond acceptors (Lipinski definition) is 4. The molecule has 0 aliphatic rings. The van der Waals surface area contributed by atoms with Crippen LogP contribution in [0.15, 0.2) is 24.5 Å². The molecule has 0 aliphatic carbocycles. The van der Waals surface area contributed by atoms with E-state index in [0.29, 0.717) is 13.2 Å². The fraction of sp³-hybridized carbons (Fsp3) is 0.333. The molecule has 0 saturated heterocycles. The van der Waals surface area contributed by atoms with Crippen LogP contribution in [0.1, 0.15) is 12.0 Å². The Morgan fingerprint density at radius 3 is 2.77 bits per heavy atom. The molecule has 2 N–H and O–H groups in total. The molecule has 0 amide bonds. The van der Waals surface area contributed by atoms with E-state index in [0.717, 1.165) is 5.56 Å². The highest BCUT2D eigenvalue weighted by Crippen LogP contribution is 1.99. The van der Waals surface area contributed by atoms with E-state index in [2.05, 4.69) is 4.98 Å². The number of esters is 1. The Kier molecular flexibility index (Phi) is 3.92. The Hall–Kier alpha value is -1.42. The molecule has 0 unspecified atom stereocenters. The molecule has 70 valence electrons. The van der Waals surface area contributed by atoms with Crippen molar-refractivity contribution in [2.45, 2.75) is 13.0 Å². The third-order valence-corrected chi connectivity index (χ3v) is 1.50. The molecule has 1 heterocycles. The minimum atomic E-state index is -0.265.